The molecule has 2 aromatic rings. The molecule has 0 fully saturated rings. The van der Waals surface area contributed by atoms with Gasteiger partial charge in [0.15, 0.2) is 5.82 Å². The maximum atomic E-state index is 14.4. The average Bonchev–Trinajstić information content (AvgIpc) is 2.55. The minimum absolute atomic E-state index is 0.0431. The first-order valence-electron chi connectivity index (χ1n) is 8.16. The van der Waals surface area contributed by atoms with Crippen molar-refractivity contribution < 1.29 is 17.9 Å². The van der Waals surface area contributed by atoms with Crippen LogP contribution in [0.3, 0.4) is 0 Å². The van der Waals surface area contributed by atoms with Gasteiger partial charge in [0.25, 0.3) is 0 Å². The highest BCUT2D eigenvalue weighted by atomic mass is 32.3. The van der Waals surface area contributed by atoms with Crippen molar-refractivity contribution in [1.82, 2.24) is 0 Å². The molecule has 3 rings (SSSR count). The van der Waals surface area contributed by atoms with E-state index in [1.807, 2.05) is 19.1 Å². The molecular formula is C18H22F2N2O2S. The summed E-state index contributed by atoms with van der Waals surface area (Å²) in [5.41, 5.74) is 7.02. The van der Waals surface area contributed by atoms with Gasteiger partial charge in [-0.15, -0.1) is 10.8 Å². The van der Waals surface area contributed by atoms with Crippen molar-refractivity contribution in [3.05, 3.63) is 59.7 Å². The summed E-state index contributed by atoms with van der Waals surface area (Å²) in [4.78, 5) is 0. The first-order valence-corrected chi connectivity index (χ1v) is 9.73. The van der Waals surface area contributed by atoms with E-state index in [2.05, 4.69) is 0 Å². The Hall–Kier alpha value is -1.67. The highest BCUT2D eigenvalue weighted by Crippen LogP contribution is 2.61. The first kappa shape index (κ1) is 18.1. The molecule has 0 aliphatic carbocycles. The maximum absolute atomic E-state index is 14.4. The number of para-hydroxylation sites is 1. The molecule has 0 spiro atoms. The fraction of sp³-hybridized carbons (Fsp3) is 0.333. The Kier molecular flexibility index (Phi) is 5.02. The number of anilines is 2. The summed E-state index contributed by atoms with van der Waals surface area (Å²) < 4.78 is 51.1. The molecule has 2 atom stereocenters. The van der Waals surface area contributed by atoms with Crippen molar-refractivity contribution in [2.75, 3.05) is 10.8 Å². The zero-order valence-electron chi connectivity index (χ0n) is 13.9. The summed E-state index contributed by atoms with van der Waals surface area (Å²) in [5.74, 6) is -1.60. The van der Waals surface area contributed by atoms with Crippen LogP contribution in [0.15, 0.2) is 42.5 Å². The standard InChI is InChI=1S/C18H22F2N2O2S/c1-12(8-9-21)18-10-13-4-2-3-5-16(13)22(25(18,23)24)17-7-6-14(19)11-15(17)20/h2-7,11-12,18,23-24H,8-10,21H2,1H3. The predicted molar refractivity (Wildman–Crippen MR) is 98.1 cm³/mol. The lowest BCUT2D eigenvalue weighted by Crippen LogP contribution is -2.41. The van der Waals surface area contributed by atoms with E-state index in [0.29, 0.717) is 25.1 Å². The maximum Gasteiger partial charge on any atom is 0.151 e. The van der Waals surface area contributed by atoms with Crippen LogP contribution in [-0.4, -0.2) is 20.9 Å². The Balaban J connectivity index is 2.16. The smallest absolute Gasteiger partial charge is 0.151 e. The van der Waals surface area contributed by atoms with E-state index >= 15 is 0 Å². The van der Waals surface area contributed by atoms with Crippen molar-refractivity contribution in [3.63, 3.8) is 0 Å². The fourth-order valence-electron chi connectivity index (χ4n) is 3.37. The molecule has 0 amide bonds. The third kappa shape index (κ3) is 3.25. The van der Waals surface area contributed by atoms with E-state index in [0.717, 1.165) is 17.7 Å². The van der Waals surface area contributed by atoms with Crippen LogP contribution in [0.5, 0.6) is 0 Å². The van der Waals surface area contributed by atoms with Crippen LogP contribution in [0.2, 0.25) is 0 Å². The first-order chi connectivity index (χ1) is 11.9. The lowest BCUT2D eigenvalue weighted by atomic mass is 9.96. The molecule has 136 valence electrons. The second kappa shape index (κ2) is 6.92. The normalized spacial score (nSPS) is 21.5. The van der Waals surface area contributed by atoms with Gasteiger partial charge < -0.3 is 5.73 Å². The Morgan fingerprint density at radius 2 is 1.92 bits per heavy atom. The van der Waals surface area contributed by atoms with Crippen molar-refractivity contribution in [1.29, 1.82) is 0 Å². The molecule has 25 heavy (non-hydrogen) atoms. The molecule has 4 nitrogen and oxygen atoms in total. The highest BCUT2D eigenvalue weighted by Gasteiger charge is 2.42. The summed E-state index contributed by atoms with van der Waals surface area (Å²) in [5, 5.41) is -0.490. The van der Waals surface area contributed by atoms with E-state index in [1.165, 1.54) is 10.4 Å². The van der Waals surface area contributed by atoms with Crippen molar-refractivity contribution in [3.8, 4) is 0 Å². The van der Waals surface area contributed by atoms with Gasteiger partial charge in [-0.1, -0.05) is 25.1 Å². The average molecular weight is 368 g/mol. The highest BCUT2D eigenvalue weighted by molar-refractivity contribution is 8.26. The van der Waals surface area contributed by atoms with Gasteiger partial charge in [0.05, 0.1) is 16.6 Å². The fourth-order valence-corrected chi connectivity index (χ4v) is 5.71. The number of fused-ring (bicyclic) bond motifs is 1. The second-order valence-electron chi connectivity index (χ2n) is 6.38. The van der Waals surface area contributed by atoms with Crippen molar-refractivity contribution >= 4 is 22.2 Å². The topological polar surface area (TPSA) is 69.7 Å². The molecule has 1 aliphatic heterocycles. The van der Waals surface area contributed by atoms with Gasteiger partial charge in [0.1, 0.15) is 5.82 Å². The SMILES string of the molecule is CC(CCN)C1Cc2ccccc2N(c2ccc(F)cc2F)S1(O)O. The second-order valence-corrected chi connectivity index (χ2v) is 8.47. The van der Waals surface area contributed by atoms with Gasteiger partial charge in [-0.2, -0.15) is 0 Å². The Labute approximate surface area is 147 Å². The summed E-state index contributed by atoms with van der Waals surface area (Å²) in [6.45, 7) is 2.35. The third-order valence-electron chi connectivity index (χ3n) is 4.69. The predicted octanol–water partition coefficient (Wildman–Crippen LogP) is 4.68. The largest absolute Gasteiger partial charge is 0.330 e. The van der Waals surface area contributed by atoms with Crippen LogP contribution in [-0.2, 0) is 6.42 Å². The van der Waals surface area contributed by atoms with E-state index in [1.54, 1.807) is 12.1 Å². The monoisotopic (exact) mass is 368 g/mol. The molecule has 0 saturated carbocycles. The van der Waals surface area contributed by atoms with Gasteiger partial charge >= 0.3 is 0 Å². The molecule has 1 heterocycles. The quantitative estimate of drug-likeness (QED) is 0.733. The number of hydrogen-bond acceptors (Lipinski definition) is 4. The number of halogens is 2. The number of benzene rings is 2. The molecule has 0 saturated heterocycles. The molecule has 4 N–H and O–H groups in total. The minimum atomic E-state index is -3.37. The molecule has 2 unspecified atom stereocenters. The summed E-state index contributed by atoms with van der Waals surface area (Å²) in [6.07, 6.45) is 1.10. The van der Waals surface area contributed by atoms with Crippen LogP contribution >= 0.6 is 10.8 Å². The van der Waals surface area contributed by atoms with E-state index in [-0.39, 0.29) is 11.6 Å². The van der Waals surface area contributed by atoms with Gasteiger partial charge in [0, 0.05) is 6.07 Å². The lowest BCUT2D eigenvalue weighted by Gasteiger charge is -2.54. The number of nitrogens with zero attached hydrogens (tertiary/aromatic N) is 1. The Morgan fingerprint density at radius 1 is 1.20 bits per heavy atom. The van der Waals surface area contributed by atoms with E-state index < -0.39 is 27.7 Å². The molecule has 7 heteroatoms. The van der Waals surface area contributed by atoms with Crippen molar-refractivity contribution in [2.45, 2.75) is 25.0 Å². The number of rotatable bonds is 4. The zero-order chi connectivity index (χ0) is 18.2. The molecule has 2 aromatic carbocycles. The third-order valence-corrected chi connectivity index (χ3v) is 7.07. The van der Waals surface area contributed by atoms with Gasteiger partial charge in [-0.25, -0.2) is 13.1 Å². The molecule has 0 aromatic heterocycles. The van der Waals surface area contributed by atoms with E-state index in [4.69, 9.17) is 5.73 Å². The van der Waals surface area contributed by atoms with Crippen LogP contribution in [0.4, 0.5) is 20.2 Å². The molecule has 0 radical (unpaired) electrons. The van der Waals surface area contributed by atoms with Crippen molar-refractivity contribution in [2.24, 2.45) is 11.7 Å². The van der Waals surface area contributed by atoms with Gasteiger partial charge in [-0.3, -0.25) is 9.11 Å². The van der Waals surface area contributed by atoms with E-state index in [9.17, 15) is 17.9 Å². The molecule has 1 aliphatic rings. The van der Waals surface area contributed by atoms with Gasteiger partial charge in [0.2, 0.25) is 0 Å². The zero-order valence-corrected chi connectivity index (χ0v) is 14.7. The lowest BCUT2D eigenvalue weighted by molar-refractivity contribution is 0.413. The Morgan fingerprint density at radius 3 is 2.60 bits per heavy atom. The number of nitrogens with two attached hydrogens (primary N) is 1. The number of hydrogen-bond donors (Lipinski definition) is 3. The summed E-state index contributed by atoms with van der Waals surface area (Å²) in [7, 11) is -3.37. The van der Waals surface area contributed by atoms with Crippen LogP contribution < -0.4 is 10.0 Å². The van der Waals surface area contributed by atoms with Crippen LogP contribution in [0.1, 0.15) is 18.9 Å². The summed E-state index contributed by atoms with van der Waals surface area (Å²) in [6, 6.07) is 10.3. The minimum Gasteiger partial charge on any atom is -0.330 e. The Bertz CT molecular complexity index is 772. The van der Waals surface area contributed by atoms with Gasteiger partial charge in [-0.05, 0) is 49.1 Å². The summed E-state index contributed by atoms with van der Waals surface area (Å²) >= 11 is 0. The molecule has 0 bridgehead atoms. The van der Waals surface area contributed by atoms with Crippen LogP contribution in [0, 0.1) is 17.6 Å². The molecular weight excluding hydrogens is 346 g/mol. The van der Waals surface area contributed by atoms with Crippen LogP contribution in [0.25, 0.3) is 0 Å².